The average Bonchev–Trinajstić information content (AvgIpc) is 2.42. The number of halogens is 2. The molecule has 0 bridgehead atoms. The number of nitrogens with two attached hydrogens (primary N) is 1. The van der Waals surface area contributed by atoms with Crippen LogP contribution in [0, 0.1) is 0 Å². The van der Waals surface area contributed by atoms with Gasteiger partial charge in [0.1, 0.15) is 5.69 Å². The smallest absolute Gasteiger partial charge is 0.274 e. The van der Waals surface area contributed by atoms with Crippen LogP contribution in [0.3, 0.4) is 0 Å². The van der Waals surface area contributed by atoms with Crippen molar-refractivity contribution in [1.82, 2.24) is 4.98 Å². The van der Waals surface area contributed by atoms with Crippen LogP contribution in [0.1, 0.15) is 10.5 Å². The molecule has 7 heteroatoms. The monoisotopic (exact) mass is 296 g/mol. The maximum absolute atomic E-state index is 12.0. The van der Waals surface area contributed by atoms with E-state index in [1.54, 1.807) is 24.3 Å². The maximum Gasteiger partial charge on any atom is 0.274 e. The van der Waals surface area contributed by atoms with Crippen molar-refractivity contribution < 1.29 is 4.79 Å². The second kappa shape index (κ2) is 5.88. The average molecular weight is 297 g/mol. The van der Waals surface area contributed by atoms with E-state index in [9.17, 15) is 4.79 Å². The van der Waals surface area contributed by atoms with Gasteiger partial charge < -0.3 is 10.7 Å². The van der Waals surface area contributed by atoms with Crippen LogP contribution in [-0.2, 0) is 0 Å². The molecule has 2 aromatic rings. The summed E-state index contributed by atoms with van der Waals surface area (Å²) in [7, 11) is 0. The number of aromatic nitrogens is 1. The molecule has 0 spiro atoms. The lowest BCUT2D eigenvalue weighted by Crippen LogP contribution is -2.15. The minimum atomic E-state index is -0.388. The van der Waals surface area contributed by atoms with Crippen molar-refractivity contribution in [2.75, 3.05) is 10.7 Å². The molecule has 0 aliphatic rings. The fraction of sp³-hybridized carbons (Fsp3) is 0. The molecule has 98 valence electrons. The molecule has 0 atom stereocenters. The number of nitrogen functional groups attached to an aromatic ring is 1. The highest BCUT2D eigenvalue weighted by Crippen LogP contribution is 2.25. The summed E-state index contributed by atoms with van der Waals surface area (Å²) >= 11 is 11.7. The van der Waals surface area contributed by atoms with Crippen LogP contribution in [0.4, 0.5) is 11.4 Å². The van der Waals surface area contributed by atoms with E-state index >= 15 is 0 Å². The van der Waals surface area contributed by atoms with Crippen molar-refractivity contribution in [3.63, 3.8) is 0 Å². The van der Waals surface area contributed by atoms with Crippen molar-refractivity contribution in [2.24, 2.45) is 5.84 Å². The van der Waals surface area contributed by atoms with Crippen LogP contribution in [0.2, 0.25) is 10.0 Å². The van der Waals surface area contributed by atoms with Gasteiger partial charge in [-0.2, -0.15) is 0 Å². The van der Waals surface area contributed by atoms with Crippen LogP contribution in [0.5, 0.6) is 0 Å². The molecule has 19 heavy (non-hydrogen) atoms. The van der Waals surface area contributed by atoms with E-state index in [0.717, 1.165) is 0 Å². The zero-order valence-corrected chi connectivity index (χ0v) is 11.2. The lowest BCUT2D eigenvalue weighted by atomic mass is 10.2. The van der Waals surface area contributed by atoms with Crippen LogP contribution in [-0.4, -0.2) is 10.9 Å². The highest BCUT2D eigenvalue weighted by atomic mass is 35.5. The molecule has 0 saturated heterocycles. The number of rotatable bonds is 3. The number of hydrogen-bond acceptors (Lipinski definition) is 4. The summed E-state index contributed by atoms with van der Waals surface area (Å²) in [6.07, 6.45) is 1.48. The van der Waals surface area contributed by atoms with Gasteiger partial charge in [0.15, 0.2) is 0 Å². The minimum absolute atomic E-state index is 0.224. The Kier molecular flexibility index (Phi) is 4.21. The summed E-state index contributed by atoms with van der Waals surface area (Å²) in [6, 6.07) is 7.97. The predicted octanol–water partition coefficient (Wildman–Crippen LogP) is 2.93. The number of nitrogens with one attached hydrogen (secondary N) is 2. The van der Waals surface area contributed by atoms with Crippen LogP contribution < -0.4 is 16.6 Å². The SMILES string of the molecule is NNc1ccnc(C(=O)Nc2ccc(Cl)cc2Cl)c1. The highest BCUT2D eigenvalue weighted by molar-refractivity contribution is 6.36. The van der Waals surface area contributed by atoms with Crippen molar-refractivity contribution in [3.05, 3.63) is 52.3 Å². The molecule has 1 aromatic carbocycles. The largest absolute Gasteiger partial charge is 0.324 e. The zero-order chi connectivity index (χ0) is 13.8. The van der Waals surface area contributed by atoms with Gasteiger partial charge in [-0.1, -0.05) is 23.2 Å². The number of nitrogens with zero attached hydrogens (tertiary/aromatic N) is 1. The maximum atomic E-state index is 12.0. The van der Waals surface area contributed by atoms with E-state index in [-0.39, 0.29) is 11.6 Å². The molecule has 1 heterocycles. The van der Waals surface area contributed by atoms with Gasteiger partial charge >= 0.3 is 0 Å². The van der Waals surface area contributed by atoms with Crippen molar-refractivity contribution >= 4 is 40.5 Å². The number of anilines is 2. The Morgan fingerprint density at radius 3 is 2.68 bits per heavy atom. The van der Waals surface area contributed by atoms with Crippen LogP contribution >= 0.6 is 23.2 Å². The molecule has 1 amide bonds. The number of hydrazine groups is 1. The quantitative estimate of drug-likeness (QED) is 0.601. The van der Waals surface area contributed by atoms with Gasteiger partial charge in [-0.05, 0) is 30.3 Å². The highest BCUT2D eigenvalue weighted by Gasteiger charge is 2.10. The van der Waals surface area contributed by atoms with E-state index in [1.165, 1.54) is 12.3 Å². The molecule has 0 radical (unpaired) electrons. The number of hydrogen-bond donors (Lipinski definition) is 3. The minimum Gasteiger partial charge on any atom is -0.324 e. The fourth-order valence-corrected chi connectivity index (χ4v) is 1.88. The number of benzene rings is 1. The second-order valence-electron chi connectivity index (χ2n) is 3.65. The van der Waals surface area contributed by atoms with Gasteiger partial charge in [-0.25, -0.2) is 0 Å². The van der Waals surface area contributed by atoms with Crippen LogP contribution in [0.25, 0.3) is 0 Å². The summed E-state index contributed by atoms with van der Waals surface area (Å²) in [6.45, 7) is 0. The first kappa shape index (κ1) is 13.6. The van der Waals surface area contributed by atoms with E-state index < -0.39 is 0 Å². The number of carbonyl (C=O) groups excluding carboxylic acids is 1. The summed E-state index contributed by atoms with van der Waals surface area (Å²) < 4.78 is 0. The molecule has 4 N–H and O–H groups in total. The molecule has 0 fully saturated rings. The first-order valence-electron chi connectivity index (χ1n) is 5.29. The summed E-state index contributed by atoms with van der Waals surface area (Å²) in [5, 5.41) is 3.50. The van der Waals surface area contributed by atoms with Crippen LogP contribution in [0.15, 0.2) is 36.5 Å². The Balaban J connectivity index is 2.20. The molecule has 0 unspecified atom stereocenters. The van der Waals surface area contributed by atoms with E-state index in [0.29, 0.717) is 21.4 Å². The summed E-state index contributed by atoms with van der Waals surface area (Å²) in [4.78, 5) is 15.9. The van der Waals surface area contributed by atoms with Crippen molar-refractivity contribution in [1.29, 1.82) is 0 Å². The number of carbonyl (C=O) groups is 1. The van der Waals surface area contributed by atoms with Gasteiger partial charge in [0, 0.05) is 11.2 Å². The Labute approximate surface area is 119 Å². The standard InChI is InChI=1S/C12H10Cl2N4O/c13-7-1-2-10(9(14)5-7)17-12(19)11-6-8(18-15)3-4-16-11/h1-6H,15H2,(H,16,18)(H,17,19). The second-order valence-corrected chi connectivity index (χ2v) is 4.50. The van der Waals surface area contributed by atoms with E-state index in [2.05, 4.69) is 15.7 Å². The molecule has 1 aromatic heterocycles. The Morgan fingerprint density at radius 2 is 2.00 bits per heavy atom. The Hall–Kier alpha value is -1.82. The van der Waals surface area contributed by atoms with Gasteiger partial charge in [0.2, 0.25) is 0 Å². The third-order valence-electron chi connectivity index (χ3n) is 2.34. The summed E-state index contributed by atoms with van der Waals surface area (Å²) in [5.74, 6) is 4.88. The van der Waals surface area contributed by atoms with Gasteiger partial charge in [0.25, 0.3) is 5.91 Å². The first-order valence-corrected chi connectivity index (χ1v) is 6.05. The number of amides is 1. The molecule has 2 rings (SSSR count). The first-order chi connectivity index (χ1) is 9.10. The van der Waals surface area contributed by atoms with Gasteiger partial charge in [-0.15, -0.1) is 0 Å². The molecule has 0 saturated carbocycles. The molecule has 5 nitrogen and oxygen atoms in total. The third-order valence-corrected chi connectivity index (χ3v) is 2.89. The zero-order valence-electron chi connectivity index (χ0n) is 9.65. The van der Waals surface area contributed by atoms with Crippen molar-refractivity contribution in [3.8, 4) is 0 Å². The van der Waals surface area contributed by atoms with Crippen molar-refractivity contribution in [2.45, 2.75) is 0 Å². The molecule has 0 aliphatic heterocycles. The Bertz CT molecular complexity index is 618. The molecule has 0 aliphatic carbocycles. The predicted molar refractivity (Wildman–Crippen MR) is 76.5 cm³/mol. The van der Waals surface area contributed by atoms with Gasteiger partial charge in [-0.3, -0.25) is 15.6 Å². The fourth-order valence-electron chi connectivity index (χ4n) is 1.42. The topological polar surface area (TPSA) is 80.0 Å². The summed E-state index contributed by atoms with van der Waals surface area (Å²) in [5.41, 5.74) is 3.71. The molecular formula is C12H10Cl2N4O. The van der Waals surface area contributed by atoms with Gasteiger partial charge in [0.05, 0.1) is 16.4 Å². The normalized spacial score (nSPS) is 10.1. The lowest BCUT2D eigenvalue weighted by Gasteiger charge is -2.08. The third kappa shape index (κ3) is 3.35. The Morgan fingerprint density at radius 1 is 1.21 bits per heavy atom. The van der Waals surface area contributed by atoms with E-state index in [4.69, 9.17) is 29.0 Å². The van der Waals surface area contributed by atoms with E-state index in [1.807, 2.05) is 0 Å². The lowest BCUT2D eigenvalue weighted by molar-refractivity contribution is 0.102. The molecular weight excluding hydrogens is 287 g/mol. The number of pyridine rings is 1.